The lowest BCUT2D eigenvalue weighted by Gasteiger charge is -2.20. The number of hydrogen-bond donors (Lipinski definition) is 1. The molecule has 1 aliphatic rings. The van der Waals surface area contributed by atoms with Gasteiger partial charge >= 0.3 is 0 Å². The highest BCUT2D eigenvalue weighted by Crippen LogP contribution is 2.25. The van der Waals surface area contributed by atoms with Crippen molar-refractivity contribution in [3.05, 3.63) is 71.8 Å². The van der Waals surface area contributed by atoms with Gasteiger partial charge in [0.05, 0.1) is 5.92 Å². The van der Waals surface area contributed by atoms with E-state index in [0.29, 0.717) is 13.1 Å². The second kappa shape index (κ2) is 6.97. The minimum atomic E-state index is -0.325. The van der Waals surface area contributed by atoms with Crippen LogP contribution in [-0.2, 0) is 4.79 Å². The number of likely N-dealkylation sites (tertiary alicyclic amines) is 1. The van der Waals surface area contributed by atoms with Crippen LogP contribution >= 0.6 is 0 Å². The van der Waals surface area contributed by atoms with Crippen molar-refractivity contribution in [2.75, 3.05) is 13.1 Å². The third-order valence-electron chi connectivity index (χ3n) is 4.20. The first-order chi connectivity index (χ1) is 11.3. The Hall–Kier alpha value is -2.80. The zero-order valence-corrected chi connectivity index (χ0v) is 12.9. The summed E-state index contributed by atoms with van der Waals surface area (Å²) in [5.41, 5.74) is 1.96. The van der Waals surface area contributed by atoms with Gasteiger partial charge in [0, 0.05) is 19.1 Å². The lowest BCUT2D eigenvalue weighted by atomic mass is 9.90. The summed E-state index contributed by atoms with van der Waals surface area (Å²) in [5, 5.41) is 12.1. The second-order valence-electron chi connectivity index (χ2n) is 5.79. The van der Waals surface area contributed by atoms with Crippen molar-refractivity contribution in [1.29, 1.82) is 5.26 Å². The van der Waals surface area contributed by atoms with Crippen molar-refractivity contribution >= 4 is 5.91 Å². The number of hydrogen-bond acceptors (Lipinski definition) is 3. The van der Waals surface area contributed by atoms with Crippen molar-refractivity contribution in [1.82, 2.24) is 10.2 Å². The molecule has 2 aromatic carbocycles. The molecule has 0 aromatic heterocycles. The van der Waals surface area contributed by atoms with Crippen molar-refractivity contribution in [2.24, 2.45) is 0 Å². The monoisotopic (exact) mass is 305 g/mol. The van der Waals surface area contributed by atoms with Gasteiger partial charge in [-0.2, -0.15) is 5.26 Å². The standard InChI is InChI=1S/C19H19N3O/c20-14-22-12-11-17(13-22)21-19(23)18(15-7-3-1-4-8-15)16-9-5-2-6-10-16/h1-10,17-18H,11-13H2,(H,21,23). The van der Waals surface area contributed by atoms with E-state index in [9.17, 15) is 4.79 Å². The predicted molar refractivity (Wildman–Crippen MR) is 88.5 cm³/mol. The van der Waals surface area contributed by atoms with Crippen LogP contribution in [0.2, 0.25) is 0 Å². The summed E-state index contributed by atoms with van der Waals surface area (Å²) >= 11 is 0. The highest BCUT2D eigenvalue weighted by Gasteiger charge is 2.28. The van der Waals surface area contributed by atoms with Gasteiger partial charge in [-0.3, -0.25) is 4.79 Å². The normalized spacial score (nSPS) is 17.0. The number of benzene rings is 2. The average molecular weight is 305 g/mol. The average Bonchev–Trinajstić information content (AvgIpc) is 3.04. The van der Waals surface area contributed by atoms with Crippen LogP contribution in [0.15, 0.2) is 60.7 Å². The van der Waals surface area contributed by atoms with E-state index in [-0.39, 0.29) is 17.9 Å². The van der Waals surface area contributed by atoms with Crippen LogP contribution in [0.25, 0.3) is 0 Å². The van der Waals surface area contributed by atoms with Crippen molar-refractivity contribution in [3.63, 3.8) is 0 Å². The molecular weight excluding hydrogens is 286 g/mol. The van der Waals surface area contributed by atoms with Crippen LogP contribution in [0.4, 0.5) is 0 Å². The van der Waals surface area contributed by atoms with Gasteiger partial charge in [0.25, 0.3) is 0 Å². The molecule has 1 aliphatic heterocycles. The van der Waals surface area contributed by atoms with Crippen molar-refractivity contribution in [3.8, 4) is 6.19 Å². The Morgan fingerprint density at radius 3 is 2.13 bits per heavy atom. The summed E-state index contributed by atoms with van der Waals surface area (Å²) in [7, 11) is 0. The quantitative estimate of drug-likeness (QED) is 0.883. The Morgan fingerprint density at radius 1 is 1.09 bits per heavy atom. The summed E-state index contributed by atoms with van der Waals surface area (Å²) in [4.78, 5) is 14.6. The van der Waals surface area contributed by atoms with Gasteiger partial charge in [-0.05, 0) is 17.5 Å². The van der Waals surface area contributed by atoms with E-state index in [4.69, 9.17) is 5.26 Å². The Labute approximate surface area is 136 Å². The molecule has 1 amide bonds. The smallest absolute Gasteiger partial charge is 0.232 e. The molecule has 116 valence electrons. The molecule has 1 heterocycles. The molecule has 4 nitrogen and oxygen atoms in total. The Balaban J connectivity index is 1.82. The van der Waals surface area contributed by atoms with Crippen LogP contribution in [-0.4, -0.2) is 29.9 Å². The van der Waals surface area contributed by atoms with Crippen LogP contribution < -0.4 is 5.32 Å². The minimum absolute atomic E-state index is 0.00723. The molecule has 23 heavy (non-hydrogen) atoms. The van der Waals surface area contributed by atoms with E-state index >= 15 is 0 Å². The highest BCUT2D eigenvalue weighted by molar-refractivity contribution is 5.87. The fourth-order valence-electron chi connectivity index (χ4n) is 3.04. The van der Waals surface area contributed by atoms with Gasteiger partial charge in [0.2, 0.25) is 5.91 Å². The van der Waals surface area contributed by atoms with E-state index in [1.54, 1.807) is 4.90 Å². The SMILES string of the molecule is N#CN1CCC(NC(=O)C(c2ccccc2)c2ccccc2)C1. The van der Waals surface area contributed by atoms with E-state index in [2.05, 4.69) is 11.5 Å². The van der Waals surface area contributed by atoms with Crippen LogP contribution in [0, 0.1) is 11.5 Å². The van der Waals surface area contributed by atoms with Crippen LogP contribution in [0.1, 0.15) is 23.5 Å². The fraction of sp³-hybridized carbons (Fsp3) is 0.263. The van der Waals surface area contributed by atoms with Gasteiger partial charge in [-0.25, -0.2) is 0 Å². The first kappa shape index (κ1) is 15.1. The maximum atomic E-state index is 12.9. The van der Waals surface area contributed by atoms with Gasteiger partial charge in [0.1, 0.15) is 0 Å². The minimum Gasteiger partial charge on any atom is -0.351 e. The number of nitrogens with one attached hydrogen (secondary N) is 1. The van der Waals surface area contributed by atoms with E-state index in [1.165, 1.54) is 0 Å². The van der Waals surface area contributed by atoms with Crippen molar-refractivity contribution in [2.45, 2.75) is 18.4 Å². The molecule has 0 aliphatic carbocycles. The zero-order valence-electron chi connectivity index (χ0n) is 12.9. The summed E-state index contributed by atoms with van der Waals surface area (Å²) in [6.45, 7) is 1.31. The molecule has 1 unspecified atom stereocenters. The largest absolute Gasteiger partial charge is 0.351 e. The molecule has 1 atom stereocenters. The molecule has 1 fully saturated rings. The molecule has 0 radical (unpaired) electrons. The third kappa shape index (κ3) is 3.51. The molecule has 0 saturated carbocycles. The molecular formula is C19H19N3O. The number of carbonyl (C=O) groups is 1. The Morgan fingerprint density at radius 2 is 1.65 bits per heavy atom. The predicted octanol–water partition coefficient (Wildman–Crippen LogP) is 2.49. The summed E-state index contributed by atoms with van der Waals surface area (Å²) in [5.74, 6) is -0.333. The number of carbonyl (C=O) groups excluding carboxylic acids is 1. The zero-order chi connectivity index (χ0) is 16.1. The van der Waals surface area contributed by atoms with Gasteiger partial charge < -0.3 is 10.2 Å². The fourth-order valence-corrected chi connectivity index (χ4v) is 3.04. The van der Waals surface area contributed by atoms with Crippen LogP contribution in [0.5, 0.6) is 0 Å². The van der Waals surface area contributed by atoms with Gasteiger partial charge in [0.15, 0.2) is 6.19 Å². The lowest BCUT2D eigenvalue weighted by Crippen LogP contribution is -2.39. The summed E-state index contributed by atoms with van der Waals surface area (Å²) in [6, 6.07) is 19.7. The first-order valence-electron chi connectivity index (χ1n) is 7.83. The Kier molecular flexibility index (Phi) is 4.58. The van der Waals surface area contributed by atoms with Crippen LogP contribution in [0.3, 0.4) is 0 Å². The third-order valence-corrected chi connectivity index (χ3v) is 4.20. The van der Waals surface area contributed by atoms with Gasteiger partial charge in [-0.15, -0.1) is 0 Å². The number of rotatable bonds is 4. The maximum absolute atomic E-state index is 12.9. The lowest BCUT2D eigenvalue weighted by molar-refractivity contribution is -0.122. The number of nitrogens with zero attached hydrogens (tertiary/aromatic N) is 2. The molecule has 0 spiro atoms. The molecule has 1 saturated heterocycles. The molecule has 1 N–H and O–H groups in total. The Bertz CT molecular complexity index is 654. The highest BCUT2D eigenvalue weighted by atomic mass is 16.2. The molecule has 4 heteroatoms. The van der Waals surface area contributed by atoms with Crippen molar-refractivity contribution < 1.29 is 4.79 Å². The maximum Gasteiger partial charge on any atom is 0.232 e. The summed E-state index contributed by atoms with van der Waals surface area (Å²) in [6.07, 6.45) is 2.96. The number of amides is 1. The van der Waals surface area contributed by atoms with E-state index in [1.807, 2.05) is 60.7 Å². The first-order valence-corrected chi connectivity index (χ1v) is 7.83. The molecule has 2 aromatic rings. The van der Waals surface area contributed by atoms with E-state index < -0.39 is 0 Å². The molecule has 0 bridgehead atoms. The molecule has 3 rings (SSSR count). The second-order valence-corrected chi connectivity index (χ2v) is 5.79. The summed E-state index contributed by atoms with van der Waals surface area (Å²) < 4.78 is 0. The van der Waals surface area contributed by atoms with E-state index in [0.717, 1.165) is 17.5 Å². The van der Waals surface area contributed by atoms with Gasteiger partial charge in [-0.1, -0.05) is 60.7 Å². The number of nitriles is 1. The topological polar surface area (TPSA) is 56.1 Å².